The predicted octanol–water partition coefficient (Wildman–Crippen LogP) is 4.05. The van der Waals surface area contributed by atoms with Gasteiger partial charge in [0.15, 0.2) is 0 Å². The molecule has 0 amide bonds. The molecule has 1 saturated carbocycles. The minimum Gasteiger partial charge on any atom is -0.424 e. The standard InChI is InChI=1S/C16H20N2O/c1-12(2)14-17-18-15(19-14)16(10-6-7-11-16)13-8-4-3-5-9-13/h3-5,8-9,12H,6-7,10-11H2,1-2H3. The van der Waals surface area contributed by atoms with Crippen molar-refractivity contribution in [2.24, 2.45) is 0 Å². The van der Waals surface area contributed by atoms with Crippen molar-refractivity contribution in [3.63, 3.8) is 0 Å². The monoisotopic (exact) mass is 256 g/mol. The highest BCUT2D eigenvalue weighted by Crippen LogP contribution is 2.45. The smallest absolute Gasteiger partial charge is 0.227 e. The summed E-state index contributed by atoms with van der Waals surface area (Å²) >= 11 is 0. The van der Waals surface area contributed by atoms with Crippen molar-refractivity contribution in [3.8, 4) is 0 Å². The van der Waals surface area contributed by atoms with Gasteiger partial charge in [0.25, 0.3) is 0 Å². The summed E-state index contributed by atoms with van der Waals surface area (Å²) in [5, 5.41) is 8.57. The number of hydrogen-bond acceptors (Lipinski definition) is 3. The van der Waals surface area contributed by atoms with E-state index in [2.05, 4.69) is 54.4 Å². The normalized spacial score (nSPS) is 18.1. The van der Waals surface area contributed by atoms with Gasteiger partial charge in [0.1, 0.15) is 0 Å². The Kier molecular flexibility index (Phi) is 3.13. The van der Waals surface area contributed by atoms with Crippen LogP contribution in [0.25, 0.3) is 0 Å². The second-order valence-electron chi connectivity index (χ2n) is 5.76. The van der Waals surface area contributed by atoms with Crippen LogP contribution in [-0.2, 0) is 5.41 Å². The molecular formula is C16H20N2O. The van der Waals surface area contributed by atoms with E-state index in [1.54, 1.807) is 0 Å². The van der Waals surface area contributed by atoms with Crippen LogP contribution < -0.4 is 0 Å². The highest BCUT2D eigenvalue weighted by Gasteiger charge is 2.42. The average Bonchev–Trinajstić information content (AvgIpc) is 3.09. The summed E-state index contributed by atoms with van der Waals surface area (Å²) in [6, 6.07) is 10.6. The van der Waals surface area contributed by atoms with Crippen molar-refractivity contribution in [2.45, 2.75) is 50.9 Å². The Bertz CT molecular complexity index is 539. The van der Waals surface area contributed by atoms with Crippen molar-refractivity contribution in [3.05, 3.63) is 47.7 Å². The zero-order valence-corrected chi connectivity index (χ0v) is 11.6. The molecule has 3 heteroatoms. The molecule has 3 rings (SSSR count). The van der Waals surface area contributed by atoms with Gasteiger partial charge in [-0.05, 0) is 18.4 Å². The molecule has 0 radical (unpaired) electrons. The second-order valence-corrected chi connectivity index (χ2v) is 5.76. The van der Waals surface area contributed by atoms with Crippen LogP contribution >= 0.6 is 0 Å². The van der Waals surface area contributed by atoms with Crippen molar-refractivity contribution < 1.29 is 4.42 Å². The van der Waals surface area contributed by atoms with E-state index >= 15 is 0 Å². The van der Waals surface area contributed by atoms with Crippen LogP contribution in [0.5, 0.6) is 0 Å². The fraction of sp³-hybridized carbons (Fsp3) is 0.500. The molecule has 19 heavy (non-hydrogen) atoms. The SMILES string of the molecule is CC(C)c1nnc(C2(c3ccccc3)CCCC2)o1. The van der Waals surface area contributed by atoms with Crippen LogP contribution in [0, 0.1) is 0 Å². The number of rotatable bonds is 3. The van der Waals surface area contributed by atoms with Gasteiger partial charge in [-0.1, -0.05) is 57.0 Å². The summed E-state index contributed by atoms with van der Waals surface area (Å²) in [6.07, 6.45) is 4.68. The number of aromatic nitrogens is 2. The molecule has 0 unspecified atom stereocenters. The second kappa shape index (κ2) is 4.80. The van der Waals surface area contributed by atoms with Crippen molar-refractivity contribution in [1.82, 2.24) is 10.2 Å². The van der Waals surface area contributed by atoms with E-state index in [1.165, 1.54) is 18.4 Å². The Balaban J connectivity index is 2.05. The molecule has 1 aliphatic carbocycles. The first-order valence-electron chi connectivity index (χ1n) is 7.12. The molecule has 2 aromatic rings. The van der Waals surface area contributed by atoms with Crippen molar-refractivity contribution in [2.75, 3.05) is 0 Å². The number of hydrogen-bond donors (Lipinski definition) is 0. The van der Waals surface area contributed by atoms with E-state index in [4.69, 9.17) is 4.42 Å². The Labute approximate surface area is 114 Å². The molecule has 0 bridgehead atoms. The summed E-state index contributed by atoms with van der Waals surface area (Å²) in [5.41, 5.74) is 1.26. The van der Waals surface area contributed by atoms with E-state index in [1.807, 2.05) is 0 Å². The Morgan fingerprint density at radius 2 is 1.74 bits per heavy atom. The fourth-order valence-electron chi connectivity index (χ4n) is 3.02. The predicted molar refractivity (Wildman–Crippen MR) is 74.1 cm³/mol. The first kappa shape index (κ1) is 12.4. The van der Waals surface area contributed by atoms with Crippen LogP contribution in [0.3, 0.4) is 0 Å². The van der Waals surface area contributed by atoms with Gasteiger partial charge in [0.2, 0.25) is 11.8 Å². The van der Waals surface area contributed by atoms with Crippen LogP contribution in [0.2, 0.25) is 0 Å². The maximum absolute atomic E-state index is 5.96. The summed E-state index contributed by atoms with van der Waals surface area (Å²) < 4.78 is 5.96. The molecule has 1 fully saturated rings. The third-order valence-corrected chi connectivity index (χ3v) is 4.13. The molecule has 0 atom stereocenters. The quantitative estimate of drug-likeness (QED) is 0.831. The van der Waals surface area contributed by atoms with Crippen LogP contribution in [-0.4, -0.2) is 10.2 Å². The van der Waals surface area contributed by atoms with Gasteiger partial charge in [-0.25, -0.2) is 0 Å². The highest BCUT2D eigenvalue weighted by atomic mass is 16.4. The number of benzene rings is 1. The third kappa shape index (κ3) is 2.07. The Morgan fingerprint density at radius 3 is 2.32 bits per heavy atom. The molecule has 0 N–H and O–H groups in total. The molecule has 0 saturated heterocycles. The number of nitrogens with zero attached hydrogens (tertiary/aromatic N) is 2. The Morgan fingerprint density at radius 1 is 1.05 bits per heavy atom. The van der Waals surface area contributed by atoms with Crippen LogP contribution in [0.4, 0.5) is 0 Å². The van der Waals surface area contributed by atoms with E-state index in [9.17, 15) is 0 Å². The van der Waals surface area contributed by atoms with Gasteiger partial charge in [0.05, 0.1) is 5.41 Å². The van der Waals surface area contributed by atoms with E-state index < -0.39 is 0 Å². The molecule has 1 heterocycles. The summed E-state index contributed by atoms with van der Waals surface area (Å²) in [5.74, 6) is 1.84. The van der Waals surface area contributed by atoms with Gasteiger partial charge in [-0.2, -0.15) is 0 Å². The fourth-order valence-corrected chi connectivity index (χ4v) is 3.02. The van der Waals surface area contributed by atoms with E-state index in [0.717, 1.165) is 24.6 Å². The van der Waals surface area contributed by atoms with Gasteiger partial charge in [-0.3, -0.25) is 0 Å². The highest BCUT2D eigenvalue weighted by molar-refractivity contribution is 5.33. The maximum atomic E-state index is 5.96. The van der Waals surface area contributed by atoms with Gasteiger partial charge >= 0.3 is 0 Å². The average molecular weight is 256 g/mol. The molecular weight excluding hydrogens is 236 g/mol. The molecule has 1 aromatic carbocycles. The van der Waals surface area contributed by atoms with Gasteiger partial charge < -0.3 is 4.42 Å². The molecule has 0 spiro atoms. The first-order valence-corrected chi connectivity index (χ1v) is 7.12. The summed E-state index contributed by atoms with van der Waals surface area (Å²) in [4.78, 5) is 0. The summed E-state index contributed by atoms with van der Waals surface area (Å²) in [6.45, 7) is 4.17. The van der Waals surface area contributed by atoms with Gasteiger partial charge in [0, 0.05) is 5.92 Å². The zero-order chi connectivity index (χ0) is 13.3. The largest absolute Gasteiger partial charge is 0.424 e. The minimum absolute atomic E-state index is 0.0542. The van der Waals surface area contributed by atoms with Crippen LogP contribution in [0.15, 0.2) is 34.7 Å². The molecule has 0 aliphatic heterocycles. The maximum Gasteiger partial charge on any atom is 0.227 e. The lowest BCUT2D eigenvalue weighted by atomic mass is 9.79. The first-order chi connectivity index (χ1) is 9.22. The lowest BCUT2D eigenvalue weighted by Crippen LogP contribution is -2.24. The lowest BCUT2D eigenvalue weighted by Gasteiger charge is -2.25. The third-order valence-electron chi connectivity index (χ3n) is 4.13. The topological polar surface area (TPSA) is 38.9 Å². The van der Waals surface area contributed by atoms with Crippen molar-refractivity contribution in [1.29, 1.82) is 0 Å². The lowest BCUT2D eigenvalue weighted by molar-refractivity contribution is 0.350. The molecule has 1 aliphatic rings. The zero-order valence-electron chi connectivity index (χ0n) is 11.6. The molecule has 1 aromatic heterocycles. The van der Waals surface area contributed by atoms with Crippen LogP contribution in [0.1, 0.15) is 62.8 Å². The minimum atomic E-state index is -0.0542. The van der Waals surface area contributed by atoms with Crippen molar-refractivity contribution >= 4 is 0 Å². The van der Waals surface area contributed by atoms with E-state index in [0.29, 0.717) is 0 Å². The Hall–Kier alpha value is -1.64. The summed E-state index contributed by atoms with van der Waals surface area (Å²) in [7, 11) is 0. The van der Waals surface area contributed by atoms with E-state index in [-0.39, 0.29) is 11.3 Å². The molecule has 100 valence electrons. The van der Waals surface area contributed by atoms with Gasteiger partial charge in [-0.15, -0.1) is 10.2 Å². The molecule has 3 nitrogen and oxygen atoms in total.